The van der Waals surface area contributed by atoms with E-state index in [0.717, 1.165) is 56.0 Å². The highest BCUT2D eigenvalue weighted by Gasteiger charge is 2.16. The highest BCUT2D eigenvalue weighted by molar-refractivity contribution is 5.85. The van der Waals surface area contributed by atoms with Gasteiger partial charge in [0, 0.05) is 30.4 Å². The van der Waals surface area contributed by atoms with E-state index in [2.05, 4.69) is 49.6 Å². The van der Waals surface area contributed by atoms with Crippen molar-refractivity contribution in [1.29, 1.82) is 0 Å². The summed E-state index contributed by atoms with van der Waals surface area (Å²) in [6.07, 6.45) is 7.76. The Balaban J connectivity index is 0.00000205. The van der Waals surface area contributed by atoms with E-state index >= 15 is 0 Å². The van der Waals surface area contributed by atoms with Crippen LogP contribution in [-0.4, -0.2) is 41.3 Å². The van der Waals surface area contributed by atoms with E-state index in [0.29, 0.717) is 11.7 Å². The Morgan fingerprint density at radius 1 is 0.897 bits per heavy atom. The van der Waals surface area contributed by atoms with Crippen molar-refractivity contribution in [3.63, 3.8) is 0 Å². The summed E-state index contributed by atoms with van der Waals surface area (Å²) in [7, 11) is 0. The molecule has 0 spiro atoms. The van der Waals surface area contributed by atoms with Gasteiger partial charge in [-0.2, -0.15) is 4.98 Å². The molecule has 2 aliphatic heterocycles. The number of nitrogens with zero attached hydrogens (tertiary/aromatic N) is 4. The highest BCUT2D eigenvalue weighted by atomic mass is 35.5. The van der Waals surface area contributed by atoms with Gasteiger partial charge in [-0.25, -0.2) is 4.98 Å². The summed E-state index contributed by atoms with van der Waals surface area (Å²) < 4.78 is 5.56. The summed E-state index contributed by atoms with van der Waals surface area (Å²) in [5.41, 5.74) is 4.65. The first-order valence-corrected chi connectivity index (χ1v) is 10.2. The fourth-order valence-electron chi connectivity index (χ4n) is 4.09. The summed E-state index contributed by atoms with van der Waals surface area (Å²) in [6, 6.07) is 10.6. The maximum atomic E-state index is 5.56. The molecule has 0 aliphatic carbocycles. The van der Waals surface area contributed by atoms with E-state index in [4.69, 9.17) is 4.52 Å². The molecule has 6 nitrogen and oxygen atoms in total. The summed E-state index contributed by atoms with van der Waals surface area (Å²) >= 11 is 0. The quantitative estimate of drug-likeness (QED) is 0.705. The van der Waals surface area contributed by atoms with Crippen molar-refractivity contribution in [2.24, 2.45) is 0 Å². The van der Waals surface area contributed by atoms with Crippen molar-refractivity contribution < 1.29 is 4.52 Å². The molecule has 0 bridgehead atoms. The van der Waals surface area contributed by atoms with Crippen molar-refractivity contribution in [3.8, 4) is 22.8 Å². The van der Waals surface area contributed by atoms with E-state index in [9.17, 15) is 0 Å². The molecule has 1 aromatic carbocycles. The fourth-order valence-corrected chi connectivity index (χ4v) is 4.09. The Morgan fingerprint density at radius 2 is 1.69 bits per heavy atom. The zero-order valence-electron chi connectivity index (χ0n) is 16.4. The molecule has 0 unspecified atom stereocenters. The van der Waals surface area contributed by atoms with Crippen LogP contribution in [0, 0.1) is 0 Å². The van der Waals surface area contributed by atoms with Gasteiger partial charge < -0.3 is 14.7 Å². The second-order valence-corrected chi connectivity index (χ2v) is 7.61. The van der Waals surface area contributed by atoms with Gasteiger partial charge in [-0.05, 0) is 80.6 Å². The first kappa shape index (κ1) is 19.9. The van der Waals surface area contributed by atoms with Crippen LogP contribution in [0.4, 0.5) is 5.82 Å². The number of hydrogen-bond donors (Lipinski definition) is 1. The van der Waals surface area contributed by atoms with Crippen LogP contribution in [-0.2, 0) is 12.8 Å². The van der Waals surface area contributed by atoms with E-state index in [-0.39, 0.29) is 12.4 Å². The van der Waals surface area contributed by atoms with Crippen LogP contribution in [0.15, 0.2) is 41.1 Å². The minimum Gasteiger partial charge on any atom is -0.357 e. The second kappa shape index (κ2) is 8.93. The molecule has 4 heterocycles. The lowest BCUT2D eigenvalue weighted by molar-refractivity contribution is 0.432. The van der Waals surface area contributed by atoms with Gasteiger partial charge in [-0.1, -0.05) is 11.2 Å². The van der Waals surface area contributed by atoms with Crippen LogP contribution in [0.25, 0.3) is 22.8 Å². The molecule has 2 aromatic heterocycles. The van der Waals surface area contributed by atoms with E-state index < -0.39 is 0 Å². The average molecular weight is 412 g/mol. The highest BCUT2D eigenvalue weighted by Crippen LogP contribution is 2.26. The number of halogens is 1. The smallest absolute Gasteiger partial charge is 0.258 e. The van der Waals surface area contributed by atoms with Gasteiger partial charge in [0.2, 0.25) is 5.82 Å². The number of aromatic nitrogens is 3. The number of rotatable bonds is 3. The van der Waals surface area contributed by atoms with Crippen molar-refractivity contribution in [1.82, 2.24) is 20.4 Å². The summed E-state index contributed by atoms with van der Waals surface area (Å²) in [6.45, 7) is 4.23. The maximum Gasteiger partial charge on any atom is 0.258 e. The van der Waals surface area contributed by atoms with Gasteiger partial charge in [-0.15, -0.1) is 12.4 Å². The van der Waals surface area contributed by atoms with Crippen LogP contribution >= 0.6 is 12.4 Å². The van der Waals surface area contributed by atoms with Crippen LogP contribution in [0.1, 0.15) is 30.4 Å². The van der Waals surface area contributed by atoms with E-state index in [1.165, 1.54) is 30.4 Å². The predicted octanol–water partition coefficient (Wildman–Crippen LogP) is 3.90. The SMILES string of the molecule is Cl.c1cc(N2CCCCC2)ncc1-c1noc(-c2ccc3c(c2)CCNCC3)n1. The van der Waals surface area contributed by atoms with E-state index in [1.807, 2.05) is 12.3 Å². The first-order chi connectivity index (χ1) is 13.9. The van der Waals surface area contributed by atoms with Gasteiger partial charge >= 0.3 is 0 Å². The number of benzene rings is 1. The molecule has 0 atom stereocenters. The average Bonchev–Trinajstić information content (AvgIpc) is 3.13. The number of hydrogen-bond acceptors (Lipinski definition) is 6. The molecule has 1 N–H and O–H groups in total. The third-order valence-corrected chi connectivity index (χ3v) is 5.71. The standard InChI is InChI=1S/C22H25N5O.ClH/c1-2-12-27(13-3-1)20-7-6-19(15-24-20)21-25-22(28-26-21)18-5-4-16-8-10-23-11-9-17(16)14-18;/h4-7,14-15,23H,1-3,8-13H2;1H. The Bertz CT molecular complexity index is 950. The van der Waals surface area contributed by atoms with Crippen LogP contribution in [0.3, 0.4) is 0 Å². The predicted molar refractivity (Wildman–Crippen MR) is 117 cm³/mol. The molecular formula is C22H26ClN5O. The van der Waals surface area contributed by atoms with Crippen molar-refractivity contribution >= 4 is 18.2 Å². The lowest BCUT2D eigenvalue weighted by Gasteiger charge is -2.27. The zero-order valence-corrected chi connectivity index (χ0v) is 17.2. The van der Waals surface area contributed by atoms with Crippen molar-refractivity contribution in [2.75, 3.05) is 31.1 Å². The number of fused-ring (bicyclic) bond motifs is 1. The fraction of sp³-hybridized carbons (Fsp3) is 0.409. The summed E-state index contributed by atoms with van der Waals surface area (Å²) in [5, 5.41) is 7.63. The second-order valence-electron chi connectivity index (χ2n) is 7.61. The molecular weight excluding hydrogens is 386 g/mol. The van der Waals surface area contributed by atoms with Gasteiger partial charge in [0.05, 0.1) is 0 Å². The minimum atomic E-state index is 0. The summed E-state index contributed by atoms with van der Waals surface area (Å²) in [4.78, 5) is 11.6. The monoisotopic (exact) mass is 411 g/mol. The van der Waals surface area contributed by atoms with Gasteiger partial charge in [0.15, 0.2) is 0 Å². The summed E-state index contributed by atoms with van der Waals surface area (Å²) in [5.74, 6) is 2.19. The molecule has 2 aliphatic rings. The molecule has 7 heteroatoms. The number of piperidine rings is 1. The molecule has 5 rings (SSSR count). The number of nitrogens with one attached hydrogen (secondary N) is 1. The van der Waals surface area contributed by atoms with E-state index in [1.54, 1.807) is 0 Å². The molecule has 1 fully saturated rings. The zero-order chi connectivity index (χ0) is 18.8. The Morgan fingerprint density at radius 3 is 2.48 bits per heavy atom. The van der Waals surface area contributed by atoms with Crippen LogP contribution < -0.4 is 10.2 Å². The van der Waals surface area contributed by atoms with Crippen molar-refractivity contribution in [2.45, 2.75) is 32.1 Å². The van der Waals surface area contributed by atoms with Gasteiger partial charge in [0.25, 0.3) is 5.89 Å². The van der Waals surface area contributed by atoms with Crippen molar-refractivity contribution in [3.05, 3.63) is 47.7 Å². The van der Waals surface area contributed by atoms with Crippen LogP contribution in [0.5, 0.6) is 0 Å². The molecule has 29 heavy (non-hydrogen) atoms. The Kier molecular flexibility index (Phi) is 6.11. The molecule has 0 radical (unpaired) electrons. The molecule has 3 aromatic rings. The molecule has 1 saturated heterocycles. The minimum absolute atomic E-state index is 0. The topological polar surface area (TPSA) is 67.1 Å². The maximum absolute atomic E-state index is 5.56. The lowest BCUT2D eigenvalue weighted by atomic mass is 10.00. The normalized spacial score (nSPS) is 16.6. The third-order valence-electron chi connectivity index (χ3n) is 5.71. The number of anilines is 1. The lowest BCUT2D eigenvalue weighted by Crippen LogP contribution is -2.29. The van der Waals surface area contributed by atoms with Gasteiger partial charge in [-0.3, -0.25) is 0 Å². The first-order valence-electron chi connectivity index (χ1n) is 10.2. The Hall–Kier alpha value is -2.44. The van der Waals surface area contributed by atoms with Gasteiger partial charge in [0.1, 0.15) is 5.82 Å². The third kappa shape index (κ3) is 4.28. The molecule has 0 saturated carbocycles. The van der Waals surface area contributed by atoms with Crippen LogP contribution in [0.2, 0.25) is 0 Å². The number of pyridine rings is 1. The molecule has 0 amide bonds. The molecule has 152 valence electrons. The largest absolute Gasteiger partial charge is 0.357 e. The Labute approximate surface area is 177 Å².